The van der Waals surface area contributed by atoms with Crippen LogP contribution in [0.5, 0.6) is 0 Å². The minimum Gasteiger partial charge on any atom is -0.381 e. The van der Waals surface area contributed by atoms with E-state index in [-0.39, 0.29) is 10.6 Å². The van der Waals surface area contributed by atoms with Crippen molar-refractivity contribution in [2.75, 3.05) is 5.32 Å². The van der Waals surface area contributed by atoms with Gasteiger partial charge in [0.2, 0.25) is 0 Å². The van der Waals surface area contributed by atoms with E-state index in [0.717, 1.165) is 17.7 Å². The fourth-order valence-corrected chi connectivity index (χ4v) is 2.07. The van der Waals surface area contributed by atoms with Crippen LogP contribution in [0.4, 0.5) is 11.4 Å². The topological polar surface area (TPSA) is 55.2 Å². The maximum absolute atomic E-state index is 10.9. The molecule has 4 nitrogen and oxygen atoms in total. The second-order valence-electron chi connectivity index (χ2n) is 4.79. The number of anilines is 1. The van der Waals surface area contributed by atoms with E-state index in [0.29, 0.717) is 12.1 Å². The molecule has 0 unspecified atom stereocenters. The van der Waals surface area contributed by atoms with Gasteiger partial charge in [-0.3, -0.25) is 10.1 Å². The van der Waals surface area contributed by atoms with Crippen LogP contribution in [0, 0.1) is 17.0 Å². The average molecular weight is 270 g/mol. The lowest BCUT2D eigenvalue weighted by atomic mass is 10.1. The third-order valence-corrected chi connectivity index (χ3v) is 3.30. The second-order valence-corrected chi connectivity index (χ2v) is 4.79. The fourth-order valence-electron chi connectivity index (χ4n) is 2.07. The summed E-state index contributed by atoms with van der Waals surface area (Å²) in [4.78, 5) is 10.6. The maximum atomic E-state index is 10.9. The molecule has 0 spiro atoms. The van der Waals surface area contributed by atoms with E-state index in [4.69, 9.17) is 0 Å². The largest absolute Gasteiger partial charge is 0.381 e. The van der Waals surface area contributed by atoms with Crippen LogP contribution < -0.4 is 5.32 Å². The number of nitro groups is 1. The van der Waals surface area contributed by atoms with Gasteiger partial charge in [0.25, 0.3) is 5.69 Å². The lowest BCUT2D eigenvalue weighted by Gasteiger charge is -2.08. The monoisotopic (exact) mass is 270 g/mol. The molecule has 0 saturated heterocycles. The van der Waals surface area contributed by atoms with Gasteiger partial charge in [0.05, 0.1) is 4.92 Å². The van der Waals surface area contributed by atoms with E-state index in [9.17, 15) is 10.1 Å². The van der Waals surface area contributed by atoms with Gasteiger partial charge >= 0.3 is 0 Å². The van der Waals surface area contributed by atoms with E-state index >= 15 is 0 Å². The highest BCUT2D eigenvalue weighted by Crippen LogP contribution is 2.20. The molecule has 4 heteroatoms. The Morgan fingerprint density at radius 1 is 1.15 bits per heavy atom. The first kappa shape index (κ1) is 14.1. The summed E-state index contributed by atoms with van der Waals surface area (Å²) in [6, 6.07) is 13.5. The van der Waals surface area contributed by atoms with Crippen LogP contribution in [0.3, 0.4) is 0 Å². The van der Waals surface area contributed by atoms with Crippen molar-refractivity contribution in [3.63, 3.8) is 0 Å². The zero-order valence-electron chi connectivity index (χ0n) is 11.7. The Kier molecular flexibility index (Phi) is 4.35. The van der Waals surface area contributed by atoms with Crippen molar-refractivity contribution in [3.05, 3.63) is 69.3 Å². The summed E-state index contributed by atoms with van der Waals surface area (Å²) in [6.07, 6.45) is 0.992. The summed E-state index contributed by atoms with van der Waals surface area (Å²) in [5.74, 6) is 0. The van der Waals surface area contributed by atoms with E-state index < -0.39 is 0 Å². The van der Waals surface area contributed by atoms with Gasteiger partial charge < -0.3 is 5.32 Å². The van der Waals surface area contributed by atoms with Gasteiger partial charge in [-0.25, -0.2) is 0 Å². The Balaban J connectivity index is 2.10. The molecule has 0 radical (unpaired) electrons. The predicted octanol–water partition coefficient (Wildman–Crippen LogP) is 4.08. The molecule has 1 N–H and O–H groups in total. The third kappa shape index (κ3) is 3.35. The van der Waals surface area contributed by atoms with Crippen molar-refractivity contribution in [1.29, 1.82) is 0 Å². The van der Waals surface area contributed by atoms with Crippen LogP contribution >= 0.6 is 0 Å². The summed E-state index contributed by atoms with van der Waals surface area (Å²) < 4.78 is 0. The lowest BCUT2D eigenvalue weighted by molar-refractivity contribution is -0.385. The molecule has 0 saturated carbocycles. The average Bonchev–Trinajstić information content (AvgIpc) is 2.46. The summed E-state index contributed by atoms with van der Waals surface area (Å²) in [6.45, 7) is 4.44. The first-order valence-electron chi connectivity index (χ1n) is 6.67. The zero-order chi connectivity index (χ0) is 14.5. The highest BCUT2D eigenvalue weighted by Gasteiger charge is 2.10. The number of hydrogen-bond acceptors (Lipinski definition) is 3. The van der Waals surface area contributed by atoms with E-state index in [1.54, 1.807) is 19.1 Å². The molecule has 0 aromatic heterocycles. The van der Waals surface area contributed by atoms with E-state index in [2.05, 4.69) is 24.4 Å². The van der Waals surface area contributed by atoms with Crippen LogP contribution in [-0.2, 0) is 13.0 Å². The van der Waals surface area contributed by atoms with Crippen molar-refractivity contribution in [2.24, 2.45) is 0 Å². The highest BCUT2D eigenvalue weighted by atomic mass is 16.6. The quantitative estimate of drug-likeness (QED) is 0.658. The first-order valence-corrected chi connectivity index (χ1v) is 6.67. The second kappa shape index (κ2) is 6.19. The van der Waals surface area contributed by atoms with Crippen molar-refractivity contribution >= 4 is 11.4 Å². The van der Waals surface area contributed by atoms with E-state index in [1.807, 2.05) is 18.2 Å². The minimum absolute atomic E-state index is 0.173. The van der Waals surface area contributed by atoms with Gasteiger partial charge in [-0.05, 0) is 36.6 Å². The third-order valence-electron chi connectivity index (χ3n) is 3.30. The molecule has 2 aromatic rings. The molecule has 0 bridgehead atoms. The number of rotatable bonds is 5. The molecule has 0 aliphatic carbocycles. The van der Waals surface area contributed by atoms with Gasteiger partial charge in [0, 0.05) is 23.9 Å². The molecule has 2 aromatic carbocycles. The Labute approximate surface area is 118 Å². The number of nitrogens with one attached hydrogen (secondary N) is 1. The number of nitro benzene ring substituents is 1. The Morgan fingerprint density at radius 3 is 2.65 bits per heavy atom. The number of nitrogens with zero attached hydrogens (tertiary/aromatic N) is 1. The molecule has 20 heavy (non-hydrogen) atoms. The molecule has 0 fully saturated rings. The van der Waals surface area contributed by atoms with Crippen molar-refractivity contribution in [1.82, 2.24) is 0 Å². The molecule has 0 atom stereocenters. The maximum Gasteiger partial charge on any atom is 0.272 e. The van der Waals surface area contributed by atoms with Crippen LogP contribution in [0.25, 0.3) is 0 Å². The minimum atomic E-state index is -0.337. The van der Waals surface area contributed by atoms with Gasteiger partial charge in [-0.2, -0.15) is 0 Å². The van der Waals surface area contributed by atoms with Crippen LogP contribution in [-0.4, -0.2) is 4.92 Å². The standard InChI is InChI=1S/C16H18N2O2/c1-3-13-5-4-6-15(9-13)17-11-14-8-7-12(2)16(10-14)18(19)20/h4-10,17H,3,11H2,1-2H3. The Morgan fingerprint density at radius 2 is 1.95 bits per heavy atom. The summed E-state index contributed by atoms with van der Waals surface area (Å²) in [5, 5.41) is 14.2. The smallest absolute Gasteiger partial charge is 0.272 e. The van der Waals surface area contributed by atoms with E-state index in [1.165, 1.54) is 5.56 Å². The fraction of sp³-hybridized carbons (Fsp3) is 0.250. The van der Waals surface area contributed by atoms with Crippen molar-refractivity contribution < 1.29 is 4.92 Å². The highest BCUT2D eigenvalue weighted by molar-refractivity contribution is 5.48. The Bertz CT molecular complexity index is 624. The normalized spacial score (nSPS) is 10.3. The van der Waals surface area contributed by atoms with Crippen molar-refractivity contribution in [3.8, 4) is 0 Å². The number of benzene rings is 2. The van der Waals surface area contributed by atoms with Gasteiger partial charge in [0.15, 0.2) is 0 Å². The zero-order valence-corrected chi connectivity index (χ0v) is 11.7. The van der Waals surface area contributed by atoms with Crippen LogP contribution in [0.1, 0.15) is 23.6 Å². The molecular formula is C16H18N2O2. The molecular weight excluding hydrogens is 252 g/mol. The van der Waals surface area contributed by atoms with Crippen LogP contribution in [0.15, 0.2) is 42.5 Å². The molecule has 0 aliphatic rings. The Hall–Kier alpha value is -2.36. The van der Waals surface area contributed by atoms with Gasteiger partial charge in [-0.15, -0.1) is 0 Å². The van der Waals surface area contributed by atoms with Crippen LogP contribution in [0.2, 0.25) is 0 Å². The molecule has 2 rings (SSSR count). The summed E-state index contributed by atoms with van der Waals surface area (Å²) in [5.41, 5.74) is 4.07. The lowest BCUT2D eigenvalue weighted by Crippen LogP contribution is -2.01. The first-order chi connectivity index (χ1) is 9.60. The van der Waals surface area contributed by atoms with Gasteiger partial charge in [0.1, 0.15) is 0 Å². The molecule has 104 valence electrons. The number of aryl methyl sites for hydroxylation is 2. The van der Waals surface area contributed by atoms with Gasteiger partial charge in [-0.1, -0.05) is 31.2 Å². The summed E-state index contributed by atoms with van der Waals surface area (Å²) in [7, 11) is 0. The predicted molar refractivity (Wildman–Crippen MR) is 81.0 cm³/mol. The molecule has 0 heterocycles. The summed E-state index contributed by atoms with van der Waals surface area (Å²) >= 11 is 0. The molecule has 0 amide bonds. The van der Waals surface area contributed by atoms with Crippen molar-refractivity contribution in [2.45, 2.75) is 26.8 Å². The molecule has 0 aliphatic heterocycles. The number of hydrogen-bond donors (Lipinski definition) is 1. The SMILES string of the molecule is CCc1cccc(NCc2ccc(C)c([N+](=O)[O-])c2)c1.